The van der Waals surface area contributed by atoms with Crippen LogP contribution in [-0.2, 0) is 9.59 Å². The second-order valence-electron chi connectivity index (χ2n) is 5.57. The van der Waals surface area contributed by atoms with E-state index in [0.717, 1.165) is 22.7 Å². The number of carbonyl (C=O) groups is 2. The average molecular weight is 329 g/mol. The molecular weight excluding hydrogens is 306 g/mol. The van der Waals surface area contributed by atoms with E-state index < -0.39 is 5.92 Å². The Bertz CT molecular complexity index is 680. The number of dihydropyridines is 1. The molecule has 0 saturated carbocycles. The molecule has 0 saturated heterocycles. The molecule has 3 N–H and O–H groups in total. The molecule has 0 fully saturated rings. The van der Waals surface area contributed by atoms with E-state index in [-0.39, 0.29) is 11.8 Å². The van der Waals surface area contributed by atoms with Gasteiger partial charge in [-0.25, -0.2) is 0 Å². The third kappa shape index (κ3) is 3.13. The molecule has 0 aliphatic carbocycles. The molecule has 6 heteroatoms. The van der Waals surface area contributed by atoms with Gasteiger partial charge in [0.15, 0.2) is 0 Å². The quantitative estimate of drug-likeness (QED) is 0.781. The SMILES string of the molecule is CNC(=O)C1=C(C)NC(C)=C(C(=O)NC)C1c1ccc(OC)cc1. The Kier molecular flexibility index (Phi) is 5.28. The molecule has 1 aromatic rings. The highest BCUT2D eigenvalue weighted by atomic mass is 16.5. The second-order valence-corrected chi connectivity index (χ2v) is 5.57. The molecule has 0 unspecified atom stereocenters. The lowest BCUT2D eigenvalue weighted by Crippen LogP contribution is -2.37. The Labute approximate surface area is 142 Å². The first-order valence-electron chi connectivity index (χ1n) is 7.71. The summed E-state index contributed by atoms with van der Waals surface area (Å²) in [5.74, 6) is -0.154. The smallest absolute Gasteiger partial charge is 0.249 e. The van der Waals surface area contributed by atoms with Crippen molar-refractivity contribution >= 4 is 11.8 Å². The fourth-order valence-electron chi connectivity index (χ4n) is 3.00. The van der Waals surface area contributed by atoms with Crippen LogP contribution >= 0.6 is 0 Å². The Morgan fingerprint density at radius 3 is 1.79 bits per heavy atom. The van der Waals surface area contributed by atoms with Gasteiger partial charge in [0.2, 0.25) is 11.8 Å². The van der Waals surface area contributed by atoms with Crippen molar-refractivity contribution in [2.45, 2.75) is 19.8 Å². The summed E-state index contributed by atoms with van der Waals surface area (Å²) in [6, 6.07) is 7.40. The van der Waals surface area contributed by atoms with E-state index in [1.807, 2.05) is 38.1 Å². The fraction of sp³-hybridized carbons (Fsp3) is 0.333. The van der Waals surface area contributed by atoms with Crippen LogP contribution in [0.3, 0.4) is 0 Å². The molecule has 0 radical (unpaired) electrons. The van der Waals surface area contributed by atoms with Crippen LogP contribution in [0.1, 0.15) is 25.3 Å². The Morgan fingerprint density at radius 1 is 0.958 bits per heavy atom. The van der Waals surface area contributed by atoms with Crippen molar-refractivity contribution in [1.29, 1.82) is 0 Å². The van der Waals surface area contributed by atoms with Gasteiger partial charge in [0.05, 0.1) is 7.11 Å². The summed E-state index contributed by atoms with van der Waals surface area (Å²) in [6.45, 7) is 3.68. The summed E-state index contributed by atoms with van der Waals surface area (Å²) >= 11 is 0. The average Bonchev–Trinajstić information content (AvgIpc) is 2.60. The van der Waals surface area contributed by atoms with Crippen LogP contribution in [0.4, 0.5) is 0 Å². The maximum absolute atomic E-state index is 12.5. The molecule has 1 heterocycles. The van der Waals surface area contributed by atoms with Crippen molar-refractivity contribution in [3.05, 3.63) is 52.4 Å². The van der Waals surface area contributed by atoms with Gasteiger partial charge in [-0.15, -0.1) is 0 Å². The zero-order chi connectivity index (χ0) is 17.9. The van der Waals surface area contributed by atoms with Gasteiger partial charge in [0, 0.05) is 42.6 Å². The molecule has 2 amide bonds. The van der Waals surface area contributed by atoms with Gasteiger partial charge in [-0.1, -0.05) is 12.1 Å². The lowest BCUT2D eigenvalue weighted by atomic mass is 9.79. The Hall–Kier alpha value is -2.76. The number of benzene rings is 1. The minimum atomic E-state index is -0.447. The Balaban J connectivity index is 2.64. The van der Waals surface area contributed by atoms with Crippen LogP contribution in [0, 0.1) is 0 Å². The van der Waals surface area contributed by atoms with Gasteiger partial charge >= 0.3 is 0 Å². The van der Waals surface area contributed by atoms with Crippen molar-refractivity contribution in [2.24, 2.45) is 0 Å². The fourth-order valence-corrected chi connectivity index (χ4v) is 3.00. The lowest BCUT2D eigenvalue weighted by molar-refractivity contribution is -0.117. The lowest BCUT2D eigenvalue weighted by Gasteiger charge is -2.31. The summed E-state index contributed by atoms with van der Waals surface area (Å²) in [5, 5.41) is 8.47. The number of hydrogen-bond donors (Lipinski definition) is 3. The monoisotopic (exact) mass is 329 g/mol. The van der Waals surface area contributed by atoms with Gasteiger partial charge < -0.3 is 20.7 Å². The molecule has 2 rings (SSSR count). The number of rotatable bonds is 4. The predicted octanol–water partition coefficient (Wildman–Crippen LogP) is 1.42. The standard InChI is InChI=1S/C18H23N3O3/c1-10-14(17(22)19-3)16(12-6-8-13(24-5)9-7-12)15(11(2)21-10)18(23)20-4/h6-9,16,21H,1-5H3,(H,19,22)(H,20,23). The number of likely N-dealkylation sites (N-methyl/N-ethyl adjacent to an activating group) is 2. The van der Waals surface area contributed by atoms with Gasteiger partial charge in [-0.2, -0.15) is 0 Å². The highest BCUT2D eigenvalue weighted by molar-refractivity contribution is 6.03. The molecule has 128 valence electrons. The number of amides is 2. The van der Waals surface area contributed by atoms with Gasteiger partial charge in [-0.05, 0) is 31.5 Å². The topological polar surface area (TPSA) is 79.5 Å². The number of carbonyl (C=O) groups excluding carboxylic acids is 2. The van der Waals surface area contributed by atoms with E-state index in [4.69, 9.17) is 4.74 Å². The first-order chi connectivity index (χ1) is 11.4. The summed E-state index contributed by atoms with van der Waals surface area (Å²) in [5.41, 5.74) is 3.40. The molecule has 24 heavy (non-hydrogen) atoms. The zero-order valence-electron chi connectivity index (χ0n) is 14.6. The van der Waals surface area contributed by atoms with Crippen LogP contribution in [0.5, 0.6) is 5.75 Å². The van der Waals surface area contributed by atoms with Crippen molar-refractivity contribution in [2.75, 3.05) is 21.2 Å². The molecule has 1 aromatic carbocycles. The van der Waals surface area contributed by atoms with Gasteiger partial charge in [-0.3, -0.25) is 9.59 Å². The van der Waals surface area contributed by atoms with E-state index >= 15 is 0 Å². The largest absolute Gasteiger partial charge is 0.497 e. The van der Waals surface area contributed by atoms with Crippen molar-refractivity contribution in [3.63, 3.8) is 0 Å². The highest BCUT2D eigenvalue weighted by Gasteiger charge is 2.35. The molecule has 1 aliphatic rings. The molecule has 6 nitrogen and oxygen atoms in total. The summed E-state index contributed by atoms with van der Waals surface area (Å²) < 4.78 is 5.19. The van der Waals surface area contributed by atoms with Crippen LogP contribution < -0.4 is 20.7 Å². The van der Waals surface area contributed by atoms with Gasteiger partial charge in [0.1, 0.15) is 5.75 Å². The summed E-state index contributed by atoms with van der Waals surface area (Å²) in [4.78, 5) is 24.9. The number of methoxy groups -OCH3 is 1. The summed E-state index contributed by atoms with van der Waals surface area (Å²) in [7, 11) is 4.76. The second kappa shape index (κ2) is 7.21. The van der Waals surface area contributed by atoms with Crippen LogP contribution in [0.15, 0.2) is 46.8 Å². The third-order valence-electron chi connectivity index (χ3n) is 4.15. The maximum Gasteiger partial charge on any atom is 0.249 e. The van der Waals surface area contributed by atoms with E-state index in [1.165, 1.54) is 0 Å². The molecular formula is C18H23N3O3. The molecule has 1 aliphatic heterocycles. The molecule has 0 atom stereocenters. The van der Waals surface area contributed by atoms with Crippen LogP contribution in [0.25, 0.3) is 0 Å². The molecule has 0 aromatic heterocycles. The number of hydrogen-bond acceptors (Lipinski definition) is 4. The van der Waals surface area contributed by atoms with Crippen molar-refractivity contribution in [1.82, 2.24) is 16.0 Å². The number of allylic oxidation sites excluding steroid dienone is 2. The predicted molar refractivity (Wildman–Crippen MR) is 92.4 cm³/mol. The van der Waals surface area contributed by atoms with E-state index in [9.17, 15) is 9.59 Å². The normalized spacial score (nSPS) is 15.0. The van der Waals surface area contributed by atoms with E-state index in [1.54, 1.807) is 21.2 Å². The third-order valence-corrected chi connectivity index (χ3v) is 4.15. The molecule has 0 bridgehead atoms. The van der Waals surface area contributed by atoms with Crippen molar-refractivity contribution < 1.29 is 14.3 Å². The Morgan fingerprint density at radius 2 is 1.42 bits per heavy atom. The van der Waals surface area contributed by atoms with Crippen LogP contribution in [0.2, 0.25) is 0 Å². The van der Waals surface area contributed by atoms with Crippen molar-refractivity contribution in [3.8, 4) is 5.75 Å². The van der Waals surface area contributed by atoms with E-state index in [2.05, 4.69) is 16.0 Å². The number of nitrogens with one attached hydrogen (secondary N) is 3. The summed E-state index contributed by atoms with van der Waals surface area (Å²) in [6.07, 6.45) is 0. The minimum Gasteiger partial charge on any atom is -0.497 e. The van der Waals surface area contributed by atoms with Crippen LogP contribution in [-0.4, -0.2) is 33.0 Å². The first-order valence-corrected chi connectivity index (χ1v) is 7.71. The number of ether oxygens (including phenoxy) is 1. The van der Waals surface area contributed by atoms with E-state index in [0.29, 0.717) is 11.1 Å². The maximum atomic E-state index is 12.5. The molecule has 0 spiro atoms. The zero-order valence-corrected chi connectivity index (χ0v) is 14.6. The first kappa shape index (κ1) is 17.6. The van der Waals surface area contributed by atoms with Gasteiger partial charge in [0.25, 0.3) is 0 Å². The minimum absolute atomic E-state index is 0.213. The highest BCUT2D eigenvalue weighted by Crippen LogP contribution is 2.38.